The third-order valence-corrected chi connectivity index (χ3v) is 3.01. The molecule has 0 fully saturated rings. The normalized spacial score (nSPS) is 10.5. The highest BCUT2D eigenvalue weighted by atomic mass is 16.5. The van der Waals surface area contributed by atoms with Gasteiger partial charge in [0.05, 0.1) is 18.0 Å². The van der Waals surface area contributed by atoms with Crippen LogP contribution in [-0.4, -0.2) is 27.3 Å². The lowest BCUT2D eigenvalue weighted by atomic mass is 10.1. The van der Waals surface area contributed by atoms with Crippen LogP contribution in [0.4, 0.5) is 0 Å². The lowest BCUT2D eigenvalue weighted by molar-refractivity contribution is 0.185. The smallest absolute Gasteiger partial charge is 0.117 e. The fraction of sp³-hybridized carbons (Fsp3) is 0.125. The van der Waals surface area contributed by atoms with Crippen LogP contribution in [0.3, 0.4) is 0 Å². The fourth-order valence-corrected chi connectivity index (χ4v) is 2.05. The predicted octanol–water partition coefficient (Wildman–Crippen LogP) is 2.75. The molecule has 0 aliphatic rings. The molecule has 5 heteroatoms. The summed E-state index contributed by atoms with van der Waals surface area (Å²) in [4.78, 5) is 8.61. The standard InChI is InChI=1S/C16H14N4O/c1-21-11-12-10-15(13-6-2-4-8-17-13)19-20-16(12)14-7-3-5-9-18-14/h2-10H,11H2,1H3. The lowest BCUT2D eigenvalue weighted by Gasteiger charge is -2.08. The van der Waals surface area contributed by atoms with E-state index in [1.54, 1.807) is 19.5 Å². The molecule has 0 N–H and O–H groups in total. The van der Waals surface area contributed by atoms with E-state index in [1.165, 1.54) is 0 Å². The molecule has 0 saturated heterocycles. The summed E-state index contributed by atoms with van der Waals surface area (Å²) in [5.74, 6) is 0. The first-order valence-electron chi connectivity index (χ1n) is 6.57. The predicted molar refractivity (Wildman–Crippen MR) is 79.2 cm³/mol. The van der Waals surface area contributed by atoms with E-state index in [2.05, 4.69) is 20.2 Å². The second-order valence-corrected chi connectivity index (χ2v) is 4.47. The Bertz CT molecular complexity index is 717. The molecule has 0 atom stereocenters. The summed E-state index contributed by atoms with van der Waals surface area (Å²) in [7, 11) is 1.66. The monoisotopic (exact) mass is 278 g/mol. The largest absolute Gasteiger partial charge is 0.380 e. The maximum absolute atomic E-state index is 5.26. The van der Waals surface area contributed by atoms with E-state index in [4.69, 9.17) is 4.74 Å². The van der Waals surface area contributed by atoms with Crippen molar-refractivity contribution < 1.29 is 4.74 Å². The van der Waals surface area contributed by atoms with E-state index in [1.807, 2.05) is 42.5 Å². The van der Waals surface area contributed by atoms with Gasteiger partial charge < -0.3 is 4.74 Å². The van der Waals surface area contributed by atoms with Gasteiger partial charge in [-0.25, -0.2) is 0 Å². The zero-order valence-electron chi connectivity index (χ0n) is 11.6. The van der Waals surface area contributed by atoms with Gasteiger partial charge in [0, 0.05) is 25.1 Å². The summed E-state index contributed by atoms with van der Waals surface area (Å²) in [5, 5.41) is 8.57. The third-order valence-electron chi connectivity index (χ3n) is 3.01. The fourth-order valence-electron chi connectivity index (χ4n) is 2.05. The molecule has 104 valence electrons. The first-order valence-corrected chi connectivity index (χ1v) is 6.57. The third kappa shape index (κ3) is 2.93. The highest BCUT2D eigenvalue weighted by Gasteiger charge is 2.11. The van der Waals surface area contributed by atoms with Crippen molar-refractivity contribution in [2.75, 3.05) is 7.11 Å². The Kier molecular flexibility index (Phi) is 3.93. The van der Waals surface area contributed by atoms with Gasteiger partial charge in [-0.05, 0) is 30.3 Å². The Balaban J connectivity index is 2.07. The lowest BCUT2D eigenvalue weighted by Crippen LogP contribution is -2.01. The minimum absolute atomic E-state index is 0.446. The number of nitrogens with zero attached hydrogens (tertiary/aromatic N) is 4. The van der Waals surface area contributed by atoms with E-state index < -0.39 is 0 Å². The first kappa shape index (κ1) is 13.3. The summed E-state index contributed by atoms with van der Waals surface area (Å²) in [5.41, 5.74) is 3.96. The van der Waals surface area contributed by atoms with Gasteiger partial charge in [0.1, 0.15) is 11.4 Å². The van der Waals surface area contributed by atoms with Crippen molar-refractivity contribution in [3.05, 3.63) is 60.4 Å². The number of hydrogen-bond donors (Lipinski definition) is 0. The number of ether oxygens (including phenoxy) is 1. The van der Waals surface area contributed by atoms with Gasteiger partial charge in [-0.15, -0.1) is 10.2 Å². The van der Waals surface area contributed by atoms with Crippen molar-refractivity contribution in [1.82, 2.24) is 20.2 Å². The van der Waals surface area contributed by atoms with Crippen LogP contribution in [0, 0.1) is 0 Å². The quantitative estimate of drug-likeness (QED) is 0.734. The Morgan fingerprint density at radius 1 is 0.857 bits per heavy atom. The molecular weight excluding hydrogens is 264 g/mol. The molecule has 5 nitrogen and oxygen atoms in total. The summed E-state index contributed by atoms with van der Waals surface area (Å²) in [6, 6.07) is 13.3. The van der Waals surface area contributed by atoms with Crippen LogP contribution in [0.15, 0.2) is 54.9 Å². The van der Waals surface area contributed by atoms with Crippen molar-refractivity contribution in [2.24, 2.45) is 0 Å². The van der Waals surface area contributed by atoms with E-state index in [0.717, 1.165) is 28.3 Å². The molecule has 3 aromatic rings. The molecule has 0 spiro atoms. The van der Waals surface area contributed by atoms with Gasteiger partial charge >= 0.3 is 0 Å². The molecule has 0 aromatic carbocycles. The van der Waals surface area contributed by atoms with Gasteiger partial charge in [0.15, 0.2) is 0 Å². The second kappa shape index (κ2) is 6.19. The van der Waals surface area contributed by atoms with Gasteiger partial charge in [-0.3, -0.25) is 9.97 Å². The molecular formula is C16H14N4O. The Morgan fingerprint density at radius 2 is 1.57 bits per heavy atom. The van der Waals surface area contributed by atoms with E-state index >= 15 is 0 Å². The topological polar surface area (TPSA) is 60.8 Å². The molecule has 0 radical (unpaired) electrons. The molecule has 0 unspecified atom stereocenters. The van der Waals surface area contributed by atoms with Crippen molar-refractivity contribution >= 4 is 0 Å². The van der Waals surface area contributed by atoms with Crippen LogP contribution in [0.5, 0.6) is 0 Å². The second-order valence-electron chi connectivity index (χ2n) is 4.47. The summed E-state index contributed by atoms with van der Waals surface area (Å²) in [6.45, 7) is 0.446. The highest BCUT2D eigenvalue weighted by molar-refractivity contribution is 5.62. The molecule has 0 saturated carbocycles. The maximum atomic E-state index is 5.26. The summed E-state index contributed by atoms with van der Waals surface area (Å²) in [6.07, 6.45) is 3.47. The molecule has 0 aliphatic carbocycles. The molecule has 0 bridgehead atoms. The van der Waals surface area contributed by atoms with Gasteiger partial charge in [-0.2, -0.15) is 0 Å². The van der Waals surface area contributed by atoms with Crippen molar-refractivity contribution in [3.63, 3.8) is 0 Å². The summed E-state index contributed by atoms with van der Waals surface area (Å²) >= 11 is 0. The zero-order valence-corrected chi connectivity index (χ0v) is 11.6. The Hall–Kier alpha value is -2.66. The molecule has 0 aliphatic heterocycles. The van der Waals surface area contributed by atoms with Gasteiger partial charge in [0.2, 0.25) is 0 Å². The molecule has 0 amide bonds. The minimum Gasteiger partial charge on any atom is -0.380 e. The molecule has 3 aromatic heterocycles. The van der Waals surface area contributed by atoms with E-state index in [-0.39, 0.29) is 0 Å². The number of methoxy groups -OCH3 is 1. The minimum atomic E-state index is 0.446. The molecule has 21 heavy (non-hydrogen) atoms. The van der Waals surface area contributed by atoms with Crippen molar-refractivity contribution in [1.29, 1.82) is 0 Å². The Labute approximate surface area is 122 Å². The molecule has 3 rings (SSSR count). The molecule has 3 heterocycles. The van der Waals surface area contributed by atoms with Gasteiger partial charge in [0.25, 0.3) is 0 Å². The maximum Gasteiger partial charge on any atom is 0.117 e. The average molecular weight is 278 g/mol. The van der Waals surface area contributed by atoms with Crippen molar-refractivity contribution in [2.45, 2.75) is 6.61 Å². The van der Waals surface area contributed by atoms with Crippen LogP contribution < -0.4 is 0 Å². The van der Waals surface area contributed by atoms with Crippen LogP contribution in [0.1, 0.15) is 5.56 Å². The van der Waals surface area contributed by atoms with Crippen LogP contribution in [-0.2, 0) is 11.3 Å². The van der Waals surface area contributed by atoms with Gasteiger partial charge in [-0.1, -0.05) is 12.1 Å². The average Bonchev–Trinajstić information content (AvgIpc) is 2.57. The van der Waals surface area contributed by atoms with E-state index in [9.17, 15) is 0 Å². The number of rotatable bonds is 4. The van der Waals surface area contributed by atoms with Crippen LogP contribution >= 0.6 is 0 Å². The van der Waals surface area contributed by atoms with Crippen molar-refractivity contribution in [3.8, 4) is 22.8 Å². The first-order chi connectivity index (χ1) is 10.4. The van der Waals surface area contributed by atoms with E-state index in [0.29, 0.717) is 6.61 Å². The van der Waals surface area contributed by atoms with Crippen LogP contribution in [0.2, 0.25) is 0 Å². The SMILES string of the molecule is COCc1cc(-c2ccccn2)nnc1-c1ccccn1. The number of pyridine rings is 2. The number of aromatic nitrogens is 4. The summed E-state index contributed by atoms with van der Waals surface area (Å²) < 4.78 is 5.26. The zero-order chi connectivity index (χ0) is 14.5. The number of hydrogen-bond acceptors (Lipinski definition) is 5. The highest BCUT2D eigenvalue weighted by Crippen LogP contribution is 2.23. The Morgan fingerprint density at radius 3 is 2.19 bits per heavy atom. The van der Waals surface area contributed by atoms with Crippen LogP contribution in [0.25, 0.3) is 22.8 Å².